The summed E-state index contributed by atoms with van der Waals surface area (Å²) in [6, 6.07) is 4.46. The summed E-state index contributed by atoms with van der Waals surface area (Å²) in [7, 11) is 0. The van der Waals surface area contributed by atoms with Crippen molar-refractivity contribution in [3.05, 3.63) is 24.2 Å². The number of carbonyl (C=O) groups excluding carboxylic acids is 1. The van der Waals surface area contributed by atoms with Crippen molar-refractivity contribution in [3.8, 4) is 11.5 Å². The summed E-state index contributed by atoms with van der Waals surface area (Å²) in [5.41, 5.74) is 0.843. The molecule has 26 heavy (non-hydrogen) atoms. The van der Waals surface area contributed by atoms with Crippen LogP contribution in [0.4, 0.5) is 5.82 Å². The van der Waals surface area contributed by atoms with Crippen LogP contribution in [-0.2, 0) is 4.79 Å². The number of aryl methyl sites for hydroxylation is 1. The zero-order valence-corrected chi connectivity index (χ0v) is 15.0. The molecule has 0 aliphatic carbocycles. The molecule has 0 spiro atoms. The molecule has 2 bridgehead atoms. The van der Waals surface area contributed by atoms with E-state index < -0.39 is 0 Å². The minimum absolute atomic E-state index is 0.363. The van der Waals surface area contributed by atoms with E-state index in [9.17, 15) is 4.79 Å². The number of nitrogens with zero attached hydrogens (tertiary/aromatic N) is 5. The highest BCUT2D eigenvalue weighted by Gasteiger charge is 2.44. The summed E-state index contributed by atoms with van der Waals surface area (Å²) in [6.07, 6.45) is 5.97. The Labute approximate surface area is 152 Å². The largest absolute Gasteiger partial charge is 0.356 e. The normalized spacial score (nSPS) is 28.2. The lowest BCUT2D eigenvalue weighted by molar-refractivity contribution is -0.142. The summed E-state index contributed by atoms with van der Waals surface area (Å²) in [4.78, 5) is 25.7. The van der Waals surface area contributed by atoms with E-state index in [1.165, 1.54) is 6.42 Å². The number of fused-ring (bicyclic) bond motifs is 4. The number of hydrogen-bond acceptors (Lipinski definition) is 6. The highest BCUT2D eigenvalue weighted by molar-refractivity contribution is 5.77. The summed E-state index contributed by atoms with van der Waals surface area (Å²) in [6.45, 7) is 4.67. The first kappa shape index (κ1) is 15.8. The van der Waals surface area contributed by atoms with Gasteiger partial charge in [-0.15, -0.1) is 0 Å². The Kier molecular flexibility index (Phi) is 3.69. The van der Waals surface area contributed by atoms with Crippen LogP contribution in [0.25, 0.3) is 11.5 Å². The molecule has 3 aliphatic heterocycles. The fourth-order valence-corrected chi connectivity index (χ4v) is 4.91. The van der Waals surface area contributed by atoms with Crippen LogP contribution in [0, 0.1) is 18.8 Å². The molecule has 3 atom stereocenters. The number of hydrogen-bond donors (Lipinski definition) is 0. The molecule has 2 aromatic rings. The highest BCUT2D eigenvalue weighted by atomic mass is 16.5. The van der Waals surface area contributed by atoms with Crippen LogP contribution in [-0.4, -0.2) is 51.6 Å². The average molecular weight is 353 g/mol. The minimum atomic E-state index is 0.363. The van der Waals surface area contributed by atoms with E-state index in [1.54, 1.807) is 6.92 Å². The molecule has 3 fully saturated rings. The highest BCUT2D eigenvalue weighted by Crippen LogP contribution is 2.39. The molecule has 0 radical (unpaired) electrons. The third kappa shape index (κ3) is 2.66. The predicted octanol–water partition coefficient (Wildman–Crippen LogP) is 2.28. The molecule has 136 valence electrons. The Morgan fingerprint density at radius 2 is 2.15 bits per heavy atom. The minimum Gasteiger partial charge on any atom is -0.356 e. The smallest absolute Gasteiger partial charge is 0.259 e. The lowest BCUT2D eigenvalue weighted by Crippen LogP contribution is -2.60. The number of rotatable bonds is 2. The molecule has 5 rings (SSSR count). The molecular formula is C19H23N5O2. The Bertz CT molecular complexity index is 818. The number of pyridine rings is 1. The Morgan fingerprint density at radius 3 is 2.92 bits per heavy atom. The summed E-state index contributed by atoms with van der Waals surface area (Å²) >= 11 is 0. The number of aromatic nitrogens is 3. The SMILES string of the molecule is Cc1noc(-c2ccc(N3CC4CC(C3)[C@@H]3CCCC(=O)N3C4)nc2)n1. The molecule has 5 heterocycles. The standard InChI is InChI=1S/C19H23N5O2/c1-12-21-19(26-22-12)14-5-6-17(20-8-14)23-9-13-7-15(11-23)16-3-2-4-18(25)24(16)10-13/h5-6,8,13,15-16H,2-4,7,9-11H2,1H3/t13?,15?,16-/m0/s1. The number of piperidine rings is 3. The van der Waals surface area contributed by atoms with Crippen LogP contribution in [0.2, 0.25) is 0 Å². The van der Waals surface area contributed by atoms with Crippen molar-refractivity contribution in [1.82, 2.24) is 20.0 Å². The molecule has 2 unspecified atom stereocenters. The molecular weight excluding hydrogens is 330 g/mol. The van der Waals surface area contributed by atoms with Gasteiger partial charge in [-0.05, 0) is 50.2 Å². The van der Waals surface area contributed by atoms with Crippen molar-refractivity contribution in [3.63, 3.8) is 0 Å². The molecule has 2 aromatic heterocycles. The number of carbonyl (C=O) groups is 1. The molecule has 3 saturated heterocycles. The van der Waals surface area contributed by atoms with Gasteiger partial charge in [0, 0.05) is 38.3 Å². The van der Waals surface area contributed by atoms with Crippen molar-refractivity contribution in [1.29, 1.82) is 0 Å². The maximum absolute atomic E-state index is 12.3. The lowest BCUT2D eigenvalue weighted by Gasteiger charge is -2.52. The third-order valence-corrected chi connectivity index (χ3v) is 6.03. The first-order valence-electron chi connectivity index (χ1n) is 9.48. The van der Waals surface area contributed by atoms with Crippen LogP contribution in [0.1, 0.15) is 31.5 Å². The first-order valence-corrected chi connectivity index (χ1v) is 9.48. The van der Waals surface area contributed by atoms with Crippen molar-refractivity contribution < 1.29 is 9.32 Å². The van der Waals surface area contributed by atoms with Gasteiger partial charge < -0.3 is 14.3 Å². The third-order valence-electron chi connectivity index (χ3n) is 6.03. The van der Waals surface area contributed by atoms with Crippen LogP contribution in [0.5, 0.6) is 0 Å². The van der Waals surface area contributed by atoms with Crippen LogP contribution < -0.4 is 4.90 Å². The molecule has 7 heteroatoms. The van der Waals surface area contributed by atoms with E-state index in [-0.39, 0.29) is 0 Å². The van der Waals surface area contributed by atoms with Crippen molar-refractivity contribution >= 4 is 11.7 Å². The average Bonchev–Trinajstić information content (AvgIpc) is 3.09. The molecule has 0 N–H and O–H groups in total. The molecule has 0 saturated carbocycles. The van der Waals surface area contributed by atoms with E-state index in [0.29, 0.717) is 35.5 Å². The van der Waals surface area contributed by atoms with Crippen LogP contribution >= 0.6 is 0 Å². The first-order chi connectivity index (χ1) is 12.7. The Hall–Kier alpha value is -2.44. The van der Waals surface area contributed by atoms with Gasteiger partial charge in [-0.25, -0.2) is 4.98 Å². The van der Waals surface area contributed by atoms with E-state index in [0.717, 1.165) is 50.3 Å². The van der Waals surface area contributed by atoms with Gasteiger partial charge in [-0.3, -0.25) is 4.79 Å². The van der Waals surface area contributed by atoms with Crippen molar-refractivity contribution in [2.24, 2.45) is 11.8 Å². The van der Waals surface area contributed by atoms with E-state index in [2.05, 4.69) is 24.9 Å². The maximum Gasteiger partial charge on any atom is 0.259 e. The second kappa shape index (κ2) is 6.07. The number of amides is 1. The lowest BCUT2D eigenvalue weighted by atomic mass is 9.76. The van der Waals surface area contributed by atoms with E-state index >= 15 is 0 Å². The second-order valence-corrected chi connectivity index (χ2v) is 7.82. The number of anilines is 1. The summed E-state index contributed by atoms with van der Waals surface area (Å²) in [5.74, 6) is 3.60. The topological polar surface area (TPSA) is 75.4 Å². The van der Waals surface area contributed by atoms with Gasteiger partial charge in [0.05, 0.1) is 5.56 Å². The van der Waals surface area contributed by atoms with Gasteiger partial charge in [-0.1, -0.05) is 5.16 Å². The monoisotopic (exact) mass is 353 g/mol. The van der Waals surface area contributed by atoms with Gasteiger partial charge in [-0.2, -0.15) is 4.98 Å². The maximum atomic E-state index is 12.3. The molecule has 3 aliphatic rings. The molecule has 7 nitrogen and oxygen atoms in total. The predicted molar refractivity (Wildman–Crippen MR) is 95.4 cm³/mol. The van der Waals surface area contributed by atoms with Crippen LogP contribution in [0.3, 0.4) is 0 Å². The van der Waals surface area contributed by atoms with E-state index in [1.807, 2.05) is 18.3 Å². The van der Waals surface area contributed by atoms with Gasteiger partial charge in [0.15, 0.2) is 5.82 Å². The molecule has 0 aromatic carbocycles. The molecule has 1 amide bonds. The van der Waals surface area contributed by atoms with Gasteiger partial charge in [0.25, 0.3) is 5.89 Å². The van der Waals surface area contributed by atoms with Gasteiger partial charge >= 0.3 is 0 Å². The zero-order chi connectivity index (χ0) is 17.7. The van der Waals surface area contributed by atoms with Crippen molar-refractivity contribution in [2.75, 3.05) is 24.5 Å². The van der Waals surface area contributed by atoms with Crippen molar-refractivity contribution in [2.45, 2.75) is 38.6 Å². The zero-order valence-electron chi connectivity index (χ0n) is 15.0. The fourth-order valence-electron chi connectivity index (χ4n) is 4.91. The summed E-state index contributed by atoms with van der Waals surface area (Å²) in [5, 5.41) is 3.83. The van der Waals surface area contributed by atoms with E-state index in [4.69, 9.17) is 4.52 Å². The van der Waals surface area contributed by atoms with Crippen LogP contribution in [0.15, 0.2) is 22.9 Å². The second-order valence-electron chi connectivity index (χ2n) is 7.82. The Balaban J connectivity index is 1.34. The Morgan fingerprint density at radius 1 is 1.23 bits per heavy atom. The quantitative estimate of drug-likeness (QED) is 0.824. The van der Waals surface area contributed by atoms with Gasteiger partial charge in [0.2, 0.25) is 5.91 Å². The summed E-state index contributed by atoms with van der Waals surface area (Å²) < 4.78 is 5.21. The fraction of sp³-hybridized carbons (Fsp3) is 0.579. The van der Waals surface area contributed by atoms with Gasteiger partial charge in [0.1, 0.15) is 5.82 Å².